The second-order valence-electron chi connectivity index (χ2n) is 5.16. The van der Waals surface area contributed by atoms with Crippen molar-refractivity contribution in [2.45, 2.75) is 40.7 Å². The Morgan fingerprint density at radius 1 is 1.40 bits per heavy atom. The van der Waals surface area contributed by atoms with Gasteiger partial charge in [0.1, 0.15) is 12.2 Å². The van der Waals surface area contributed by atoms with Gasteiger partial charge in [-0.3, -0.25) is 14.3 Å². The van der Waals surface area contributed by atoms with Crippen LogP contribution in [0.1, 0.15) is 43.9 Å². The van der Waals surface area contributed by atoms with Crippen LogP contribution in [0.4, 0.5) is 0 Å². The zero-order valence-corrected chi connectivity index (χ0v) is 12.6. The summed E-state index contributed by atoms with van der Waals surface area (Å²) in [5.74, 6) is -1.06. The number of aliphatic carboxylic acids is 1. The topological polar surface area (TPSA) is 75.4 Å². The van der Waals surface area contributed by atoms with Crippen LogP contribution in [0.15, 0.2) is 6.07 Å². The maximum atomic E-state index is 12.5. The van der Waals surface area contributed by atoms with Gasteiger partial charge in [-0.1, -0.05) is 20.8 Å². The summed E-state index contributed by atoms with van der Waals surface area (Å²) in [4.78, 5) is 24.8. The van der Waals surface area contributed by atoms with Crippen molar-refractivity contribution in [3.63, 3.8) is 0 Å². The van der Waals surface area contributed by atoms with Gasteiger partial charge in [0.25, 0.3) is 5.91 Å². The van der Waals surface area contributed by atoms with Gasteiger partial charge < -0.3 is 10.0 Å². The monoisotopic (exact) mass is 281 g/mol. The summed E-state index contributed by atoms with van der Waals surface area (Å²) in [5, 5.41) is 13.3. The highest BCUT2D eigenvalue weighted by Crippen LogP contribution is 2.11. The van der Waals surface area contributed by atoms with Crippen molar-refractivity contribution in [2.24, 2.45) is 5.92 Å². The van der Waals surface area contributed by atoms with Crippen molar-refractivity contribution in [3.8, 4) is 0 Å². The number of carbonyl (C=O) groups is 2. The smallest absolute Gasteiger partial charge is 0.323 e. The number of amides is 1. The van der Waals surface area contributed by atoms with Crippen LogP contribution in [0.3, 0.4) is 0 Å². The van der Waals surface area contributed by atoms with Gasteiger partial charge in [-0.25, -0.2) is 0 Å². The van der Waals surface area contributed by atoms with Crippen molar-refractivity contribution in [1.82, 2.24) is 14.7 Å². The van der Waals surface area contributed by atoms with Gasteiger partial charge in [0.2, 0.25) is 0 Å². The minimum atomic E-state index is -1.00. The molecule has 1 amide bonds. The first-order chi connectivity index (χ1) is 9.38. The third-order valence-electron chi connectivity index (χ3n) is 2.91. The molecule has 0 radical (unpaired) electrons. The average molecular weight is 281 g/mol. The lowest BCUT2D eigenvalue weighted by atomic mass is 10.2. The Bertz CT molecular complexity index is 480. The van der Waals surface area contributed by atoms with E-state index >= 15 is 0 Å². The van der Waals surface area contributed by atoms with E-state index in [4.69, 9.17) is 5.11 Å². The average Bonchev–Trinajstić information content (AvgIpc) is 2.79. The Labute approximate surface area is 119 Å². The van der Waals surface area contributed by atoms with Crippen LogP contribution in [0, 0.1) is 5.92 Å². The Morgan fingerprint density at radius 3 is 2.50 bits per heavy atom. The molecule has 0 fully saturated rings. The quantitative estimate of drug-likeness (QED) is 0.824. The van der Waals surface area contributed by atoms with E-state index in [0.29, 0.717) is 18.8 Å². The van der Waals surface area contributed by atoms with Crippen LogP contribution in [-0.2, 0) is 17.8 Å². The molecule has 0 saturated heterocycles. The third-order valence-corrected chi connectivity index (χ3v) is 2.91. The molecule has 1 N–H and O–H groups in total. The van der Waals surface area contributed by atoms with E-state index in [0.717, 1.165) is 12.1 Å². The first kappa shape index (κ1) is 16.2. The van der Waals surface area contributed by atoms with Crippen molar-refractivity contribution < 1.29 is 14.7 Å². The lowest BCUT2D eigenvalue weighted by Gasteiger charge is -2.22. The van der Waals surface area contributed by atoms with Crippen LogP contribution in [0.5, 0.6) is 0 Å². The summed E-state index contributed by atoms with van der Waals surface area (Å²) in [5.41, 5.74) is 1.31. The fourth-order valence-corrected chi connectivity index (χ4v) is 2.04. The fourth-order valence-electron chi connectivity index (χ4n) is 2.04. The highest BCUT2D eigenvalue weighted by atomic mass is 16.4. The van der Waals surface area contributed by atoms with Crippen molar-refractivity contribution in [2.75, 3.05) is 13.1 Å². The molecule has 0 spiro atoms. The largest absolute Gasteiger partial charge is 0.480 e. The maximum absolute atomic E-state index is 12.5. The van der Waals surface area contributed by atoms with E-state index in [9.17, 15) is 9.59 Å². The zero-order chi connectivity index (χ0) is 15.3. The summed E-state index contributed by atoms with van der Waals surface area (Å²) >= 11 is 0. The molecule has 0 bridgehead atoms. The number of nitrogens with zero attached hydrogens (tertiary/aromatic N) is 3. The Hall–Kier alpha value is -1.85. The van der Waals surface area contributed by atoms with E-state index in [2.05, 4.69) is 5.10 Å². The molecule has 0 aliphatic carbocycles. The highest BCUT2D eigenvalue weighted by Gasteiger charge is 2.23. The van der Waals surface area contributed by atoms with E-state index in [1.54, 1.807) is 10.7 Å². The van der Waals surface area contributed by atoms with Gasteiger partial charge in [-0.15, -0.1) is 0 Å². The van der Waals surface area contributed by atoms with Crippen molar-refractivity contribution >= 4 is 11.9 Å². The first-order valence-corrected chi connectivity index (χ1v) is 6.96. The molecule has 0 aliphatic heterocycles. The van der Waals surface area contributed by atoms with Crippen LogP contribution < -0.4 is 0 Å². The molecular formula is C14H23N3O3. The number of carboxylic acid groups (broad SMARTS) is 1. The highest BCUT2D eigenvalue weighted by molar-refractivity contribution is 5.94. The van der Waals surface area contributed by atoms with E-state index in [1.165, 1.54) is 4.90 Å². The molecule has 1 aromatic rings. The Balaban J connectivity index is 3.03. The molecule has 1 rings (SSSR count). The molecular weight excluding hydrogens is 258 g/mol. The fraction of sp³-hybridized carbons (Fsp3) is 0.643. The lowest BCUT2D eigenvalue weighted by Crippen LogP contribution is -2.39. The second-order valence-corrected chi connectivity index (χ2v) is 5.16. The summed E-state index contributed by atoms with van der Waals surface area (Å²) in [6.45, 7) is 8.51. The molecule has 0 aromatic carbocycles. The maximum Gasteiger partial charge on any atom is 0.323 e. The van der Waals surface area contributed by atoms with Crippen LogP contribution in [0.2, 0.25) is 0 Å². The van der Waals surface area contributed by atoms with Crippen LogP contribution in [0.25, 0.3) is 0 Å². The van der Waals surface area contributed by atoms with Crippen LogP contribution >= 0.6 is 0 Å². The number of aryl methyl sites for hydroxylation is 2. The molecule has 1 heterocycles. The molecule has 0 unspecified atom stereocenters. The Kier molecular flexibility index (Phi) is 5.73. The molecule has 0 atom stereocenters. The molecule has 0 aliphatic rings. The van der Waals surface area contributed by atoms with Gasteiger partial charge in [-0.05, 0) is 25.3 Å². The van der Waals surface area contributed by atoms with E-state index < -0.39 is 5.97 Å². The molecule has 6 heteroatoms. The molecule has 1 aromatic heterocycles. The van der Waals surface area contributed by atoms with E-state index in [1.807, 2.05) is 27.7 Å². The van der Waals surface area contributed by atoms with Gasteiger partial charge >= 0.3 is 5.97 Å². The van der Waals surface area contributed by atoms with Crippen LogP contribution in [-0.4, -0.2) is 44.8 Å². The van der Waals surface area contributed by atoms with Crippen molar-refractivity contribution in [1.29, 1.82) is 0 Å². The first-order valence-electron chi connectivity index (χ1n) is 6.96. The molecule has 0 saturated carbocycles. The number of carboxylic acids is 1. The summed E-state index contributed by atoms with van der Waals surface area (Å²) in [7, 11) is 0. The molecule has 6 nitrogen and oxygen atoms in total. The molecule has 112 valence electrons. The van der Waals surface area contributed by atoms with Gasteiger partial charge in [0, 0.05) is 13.1 Å². The predicted molar refractivity (Wildman–Crippen MR) is 75.7 cm³/mol. The van der Waals surface area contributed by atoms with Gasteiger partial charge in [-0.2, -0.15) is 5.10 Å². The predicted octanol–water partition coefficient (Wildman–Crippen LogP) is 1.65. The summed E-state index contributed by atoms with van der Waals surface area (Å²) < 4.78 is 1.64. The van der Waals surface area contributed by atoms with E-state index in [-0.39, 0.29) is 18.4 Å². The summed E-state index contributed by atoms with van der Waals surface area (Å²) in [6, 6.07) is 1.75. The Morgan fingerprint density at radius 2 is 2.05 bits per heavy atom. The molecule has 20 heavy (non-hydrogen) atoms. The normalized spacial score (nSPS) is 10.8. The minimum absolute atomic E-state index is 0.210. The van der Waals surface area contributed by atoms with Gasteiger partial charge in [0.15, 0.2) is 0 Å². The lowest BCUT2D eigenvalue weighted by molar-refractivity contribution is -0.137. The van der Waals surface area contributed by atoms with Gasteiger partial charge in [0.05, 0.1) is 5.69 Å². The number of aromatic nitrogens is 2. The van der Waals surface area contributed by atoms with Crippen molar-refractivity contribution in [3.05, 3.63) is 17.5 Å². The summed E-state index contributed by atoms with van der Waals surface area (Å²) in [6.07, 6.45) is 0.746. The third kappa shape index (κ3) is 4.08. The zero-order valence-electron chi connectivity index (χ0n) is 12.6. The number of hydrogen-bond acceptors (Lipinski definition) is 3. The number of carbonyl (C=O) groups excluding carboxylic acids is 1. The standard InChI is InChI=1S/C14H23N3O3/c1-5-11-7-12(17(6-2)15-11)14(20)16(8-10(3)4)9-13(18)19/h7,10H,5-6,8-9H2,1-4H3,(H,18,19). The number of rotatable bonds is 7. The second kappa shape index (κ2) is 7.07. The minimum Gasteiger partial charge on any atom is -0.480 e. The SMILES string of the molecule is CCc1cc(C(=O)N(CC(=O)O)CC(C)C)n(CC)n1. The number of hydrogen-bond donors (Lipinski definition) is 1.